The molecule has 3 aliphatic rings. The fourth-order valence-electron chi connectivity index (χ4n) is 14.0. The summed E-state index contributed by atoms with van der Waals surface area (Å²) in [6.07, 6.45) is 4.55. The van der Waals surface area contributed by atoms with Gasteiger partial charge in [0.15, 0.2) is 0 Å². The zero-order valence-corrected chi connectivity index (χ0v) is 43.5. The van der Waals surface area contributed by atoms with Crippen molar-refractivity contribution in [1.29, 1.82) is 0 Å². The fraction of sp³-hybridized carbons (Fsp3) is 0.167. The van der Waals surface area contributed by atoms with Crippen LogP contribution in [0.3, 0.4) is 0 Å². The van der Waals surface area contributed by atoms with Gasteiger partial charge in [-0.2, -0.15) is 0 Å². The third kappa shape index (κ3) is 6.50. The Kier molecular flexibility index (Phi) is 9.71. The van der Waals surface area contributed by atoms with Crippen LogP contribution >= 0.6 is 0 Å². The molecule has 0 atom stereocenters. The van der Waals surface area contributed by atoms with E-state index in [1.54, 1.807) is 0 Å². The minimum absolute atomic E-state index is 0.109. The number of nitrogens with one attached hydrogen (secondary N) is 1. The lowest BCUT2D eigenvalue weighted by molar-refractivity contribution is 0.446. The first-order chi connectivity index (χ1) is 35.9. The summed E-state index contributed by atoms with van der Waals surface area (Å²) in [6.45, 7) is 16.9. The van der Waals surface area contributed by atoms with Crippen molar-refractivity contribution in [2.75, 3.05) is 10.2 Å². The highest BCUT2D eigenvalue weighted by Gasteiger charge is 2.41. The molecule has 11 aromatic carbocycles. The lowest BCUT2D eigenvalue weighted by Gasteiger charge is -2.38. The normalized spacial score (nSPS) is 16.0. The standard InChI is InChI=1S/C72H60N2/c1-44-40-49(73-62-33-18-29-55-53-27-12-14-31-59(53)71(4,5)68(55)62)43-58-50(44)36-37-57-65(42-48-38-39-70(2,3)61(66(48)67(57)58)41-47-24-16-22-45-20-8-10-25-51(45)47)74(63-34-17-23-46-21-9-11-26-52(46)63)64-35-19-30-56-54-28-13-15-32-60(54)72(6,7)69(56)64/h8-37,40-43,73H,38-39H2,1-7H3/b61-41-. The highest BCUT2D eigenvalue weighted by Crippen LogP contribution is 2.58. The van der Waals surface area contributed by atoms with Crippen LogP contribution in [0.1, 0.15) is 92.5 Å². The summed E-state index contributed by atoms with van der Waals surface area (Å²) < 4.78 is 0. The topological polar surface area (TPSA) is 15.3 Å². The molecule has 0 fully saturated rings. The summed E-state index contributed by atoms with van der Waals surface area (Å²) in [5, 5.41) is 14.2. The Morgan fingerprint density at radius 3 is 1.78 bits per heavy atom. The maximum absolute atomic E-state index is 4.09. The number of allylic oxidation sites excluding steroid dienone is 1. The molecule has 2 heteroatoms. The van der Waals surface area contributed by atoms with E-state index < -0.39 is 0 Å². The Morgan fingerprint density at radius 1 is 0.459 bits per heavy atom. The molecule has 1 N–H and O–H groups in total. The van der Waals surface area contributed by atoms with Crippen LogP contribution in [0.4, 0.5) is 28.4 Å². The van der Waals surface area contributed by atoms with Crippen LogP contribution < -0.4 is 10.2 Å². The first kappa shape index (κ1) is 44.5. The highest BCUT2D eigenvalue weighted by atomic mass is 15.2. The summed E-state index contributed by atoms with van der Waals surface area (Å²) >= 11 is 0. The van der Waals surface area contributed by atoms with Gasteiger partial charge in [0.25, 0.3) is 0 Å². The average molecular weight is 953 g/mol. The van der Waals surface area contributed by atoms with E-state index in [9.17, 15) is 0 Å². The first-order valence-corrected chi connectivity index (χ1v) is 26.6. The van der Waals surface area contributed by atoms with Gasteiger partial charge < -0.3 is 10.2 Å². The van der Waals surface area contributed by atoms with Crippen LogP contribution in [0.5, 0.6) is 0 Å². The fourth-order valence-corrected chi connectivity index (χ4v) is 14.0. The maximum atomic E-state index is 4.09. The molecule has 0 unspecified atom stereocenters. The van der Waals surface area contributed by atoms with Crippen LogP contribution in [0.2, 0.25) is 0 Å². The molecule has 0 saturated heterocycles. The summed E-state index contributed by atoms with van der Waals surface area (Å²) in [5.41, 5.74) is 22.8. The van der Waals surface area contributed by atoms with Gasteiger partial charge in [-0.15, -0.1) is 0 Å². The van der Waals surface area contributed by atoms with Gasteiger partial charge in [-0.25, -0.2) is 0 Å². The minimum atomic E-state index is -0.244. The summed E-state index contributed by atoms with van der Waals surface area (Å²) in [5.74, 6) is 0. The number of nitrogens with zero attached hydrogens (tertiary/aromatic N) is 1. The van der Waals surface area contributed by atoms with Gasteiger partial charge in [0.1, 0.15) is 0 Å². The Morgan fingerprint density at radius 2 is 1.03 bits per heavy atom. The predicted octanol–water partition coefficient (Wildman–Crippen LogP) is 19.9. The molecule has 0 radical (unpaired) electrons. The Balaban J connectivity index is 1.09. The van der Waals surface area contributed by atoms with Crippen molar-refractivity contribution < 1.29 is 0 Å². The molecule has 358 valence electrons. The third-order valence-corrected chi connectivity index (χ3v) is 17.5. The molecule has 0 heterocycles. The minimum Gasteiger partial charge on any atom is -0.355 e. The van der Waals surface area contributed by atoms with Crippen LogP contribution in [-0.2, 0) is 17.3 Å². The van der Waals surface area contributed by atoms with Crippen molar-refractivity contribution in [1.82, 2.24) is 0 Å². The van der Waals surface area contributed by atoms with Crippen molar-refractivity contribution in [2.24, 2.45) is 5.41 Å². The largest absolute Gasteiger partial charge is 0.355 e. The van der Waals surface area contributed by atoms with E-state index in [2.05, 4.69) is 265 Å². The van der Waals surface area contributed by atoms with Crippen LogP contribution in [0.25, 0.3) is 77.0 Å². The number of hydrogen-bond donors (Lipinski definition) is 1. The molecular formula is C72H60N2. The van der Waals surface area contributed by atoms with Gasteiger partial charge in [-0.1, -0.05) is 205 Å². The Labute approximate surface area is 435 Å². The van der Waals surface area contributed by atoms with Crippen LogP contribution in [-0.4, -0.2) is 0 Å². The Hall–Kier alpha value is -8.20. The molecule has 74 heavy (non-hydrogen) atoms. The van der Waals surface area contributed by atoms with Crippen molar-refractivity contribution in [3.05, 3.63) is 245 Å². The lowest BCUT2D eigenvalue weighted by atomic mass is 9.68. The molecule has 3 aliphatic carbocycles. The zero-order chi connectivity index (χ0) is 50.3. The smallest absolute Gasteiger partial charge is 0.0543 e. The van der Waals surface area contributed by atoms with Crippen molar-refractivity contribution in [3.63, 3.8) is 0 Å². The van der Waals surface area contributed by atoms with Crippen molar-refractivity contribution in [3.8, 4) is 22.3 Å². The molecule has 11 aromatic rings. The Bertz CT molecular complexity index is 4210. The van der Waals surface area contributed by atoms with Crippen molar-refractivity contribution in [2.45, 2.75) is 72.1 Å². The van der Waals surface area contributed by atoms with Crippen LogP contribution in [0.15, 0.2) is 200 Å². The van der Waals surface area contributed by atoms with E-state index >= 15 is 0 Å². The molecular weight excluding hydrogens is 893 g/mol. The van der Waals surface area contributed by atoms with Crippen molar-refractivity contribution >= 4 is 83.2 Å². The van der Waals surface area contributed by atoms with Gasteiger partial charge in [0.05, 0.1) is 17.1 Å². The predicted molar refractivity (Wildman–Crippen MR) is 317 cm³/mol. The number of anilines is 5. The van der Waals surface area contributed by atoms with E-state index in [1.807, 2.05) is 0 Å². The lowest BCUT2D eigenvalue weighted by Crippen LogP contribution is -2.23. The quantitative estimate of drug-likeness (QED) is 0.167. The molecule has 0 spiro atoms. The van der Waals surface area contributed by atoms with Gasteiger partial charge in [-0.05, 0) is 172 Å². The van der Waals surface area contributed by atoms with E-state index in [1.165, 1.54) is 132 Å². The number of benzene rings is 11. The number of rotatable bonds is 6. The van der Waals surface area contributed by atoms with Gasteiger partial charge >= 0.3 is 0 Å². The zero-order valence-electron chi connectivity index (χ0n) is 43.5. The van der Waals surface area contributed by atoms with E-state index in [-0.39, 0.29) is 16.2 Å². The maximum Gasteiger partial charge on any atom is 0.0543 e. The SMILES string of the molecule is Cc1cc(Nc2cccc3c2C(C)(C)c2ccccc2-3)cc2c1ccc1c(N(c3cccc4c3C(C)(C)c3ccccc3-4)c3cccc4ccccc34)cc3c(c12)/C(=C/c1cccc2ccccc12)C(C)(C)CC3. The average Bonchev–Trinajstić information content (AvgIpc) is 3.80. The van der Waals surface area contributed by atoms with Crippen LogP contribution in [0, 0.1) is 12.3 Å². The molecule has 0 amide bonds. The molecule has 0 saturated carbocycles. The highest BCUT2D eigenvalue weighted by molar-refractivity contribution is 6.21. The summed E-state index contributed by atoms with van der Waals surface area (Å²) in [7, 11) is 0. The van der Waals surface area contributed by atoms with Gasteiger partial charge in [-0.3, -0.25) is 0 Å². The monoisotopic (exact) mass is 952 g/mol. The number of hydrogen-bond acceptors (Lipinski definition) is 2. The molecule has 0 aliphatic heterocycles. The molecule has 14 rings (SSSR count). The molecule has 2 nitrogen and oxygen atoms in total. The van der Waals surface area contributed by atoms with Gasteiger partial charge in [0, 0.05) is 33.0 Å². The first-order valence-electron chi connectivity index (χ1n) is 26.6. The van der Waals surface area contributed by atoms with E-state index in [4.69, 9.17) is 0 Å². The molecule has 0 bridgehead atoms. The third-order valence-electron chi connectivity index (χ3n) is 17.5. The molecule has 0 aromatic heterocycles. The second-order valence-electron chi connectivity index (χ2n) is 23.0. The summed E-state index contributed by atoms with van der Waals surface area (Å²) in [6, 6.07) is 75.6. The van der Waals surface area contributed by atoms with E-state index in [0.717, 1.165) is 24.2 Å². The van der Waals surface area contributed by atoms with Gasteiger partial charge in [0.2, 0.25) is 0 Å². The second kappa shape index (κ2) is 16.1. The number of aryl methyl sites for hydroxylation is 2. The van der Waals surface area contributed by atoms with E-state index in [0.29, 0.717) is 0 Å². The number of fused-ring (bicyclic) bond motifs is 13. The summed E-state index contributed by atoms with van der Waals surface area (Å²) in [4.78, 5) is 2.65. The second-order valence-corrected chi connectivity index (χ2v) is 23.0.